The quantitative estimate of drug-likeness (QED) is 0.816. The van der Waals surface area contributed by atoms with Crippen molar-refractivity contribution in [1.29, 1.82) is 0 Å². The highest BCUT2D eigenvalue weighted by atomic mass is 16.6. The van der Waals surface area contributed by atoms with E-state index in [2.05, 4.69) is 0 Å². The van der Waals surface area contributed by atoms with Gasteiger partial charge in [-0.15, -0.1) is 0 Å². The molecule has 0 radical (unpaired) electrons. The fourth-order valence-corrected chi connectivity index (χ4v) is 2.95. The first-order valence-electron chi connectivity index (χ1n) is 9.43. The molecule has 0 bridgehead atoms. The van der Waals surface area contributed by atoms with E-state index in [1.54, 1.807) is 6.92 Å². The molecule has 2 aromatic carbocycles. The maximum absolute atomic E-state index is 12.2. The van der Waals surface area contributed by atoms with Crippen LogP contribution in [0.5, 0.6) is 11.5 Å². The molecule has 0 amide bonds. The van der Waals surface area contributed by atoms with Crippen LogP contribution in [-0.2, 0) is 14.3 Å². The first-order valence-corrected chi connectivity index (χ1v) is 9.43. The molecule has 0 saturated carbocycles. The summed E-state index contributed by atoms with van der Waals surface area (Å²) in [6.45, 7) is 6.09. The Labute approximate surface area is 165 Å². The van der Waals surface area contributed by atoms with Gasteiger partial charge in [0.1, 0.15) is 23.6 Å². The summed E-state index contributed by atoms with van der Waals surface area (Å²) in [5.41, 5.74) is 8.09. The lowest BCUT2D eigenvalue weighted by Crippen LogP contribution is -2.47. The monoisotopic (exact) mass is 385 g/mol. The molecule has 1 aliphatic rings. The lowest BCUT2D eigenvalue weighted by atomic mass is 10.1. The number of ether oxygens (including phenoxy) is 4. The predicted octanol–water partition coefficient (Wildman–Crippen LogP) is 2.79. The Kier molecular flexibility index (Phi) is 6.54. The number of benzene rings is 2. The highest BCUT2D eigenvalue weighted by Gasteiger charge is 2.36. The lowest BCUT2D eigenvalue weighted by Gasteiger charge is -2.31. The molecule has 0 aliphatic carbocycles. The van der Waals surface area contributed by atoms with Gasteiger partial charge in [-0.05, 0) is 45.0 Å². The molecule has 150 valence electrons. The first-order chi connectivity index (χ1) is 13.4. The number of cyclic esters (lactones) is 1. The van der Waals surface area contributed by atoms with E-state index in [0.717, 1.165) is 11.1 Å². The van der Waals surface area contributed by atoms with Crippen molar-refractivity contribution in [3.63, 3.8) is 0 Å². The summed E-state index contributed by atoms with van der Waals surface area (Å²) < 4.78 is 23.5. The summed E-state index contributed by atoms with van der Waals surface area (Å²) >= 11 is 0. The molecule has 6 heteroatoms. The van der Waals surface area contributed by atoms with Crippen molar-refractivity contribution in [2.75, 3.05) is 13.2 Å². The second kappa shape index (κ2) is 9.08. The topological polar surface area (TPSA) is 80.0 Å². The van der Waals surface area contributed by atoms with Gasteiger partial charge in [0.15, 0.2) is 12.2 Å². The number of aryl methyl sites for hydroxylation is 2. The van der Waals surface area contributed by atoms with Gasteiger partial charge in [0.2, 0.25) is 0 Å². The largest absolute Gasteiger partial charge is 0.484 e. The van der Waals surface area contributed by atoms with Gasteiger partial charge in [-0.2, -0.15) is 0 Å². The van der Waals surface area contributed by atoms with Crippen LogP contribution < -0.4 is 15.2 Å². The van der Waals surface area contributed by atoms with Gasteiger partial charge in [-0.1, -0.05) is 35.4 Å². The van der Waals surface area contributed by atoms with E-state index in [0.29, 0.717) is 11.5 Å². The molecule has 6 nitrogen and oxygen atoms in total. The molecule has 4 atom stereocenters. The average Bonchev–Trinajstić information content (AvgIpc) is 2.71. The molecule has 1 fully saturated rings. The van der Waals surface area contributed by atoms with E-state index in [-0.39, 0.29) is 13.2 Å². The van der Waals surface area contributed by atoms with Crippen LogP contribution in [0.4, 0.5) is 0 Å². The van der Waals surface area contributed by atoms with E-state index in [1.807, 2.05) is 62.4 Å². The van der Waals surface area contributed by atoms with Crippen LogP contribution in [0.25, 0.3) is 0 Å². The van der Waals surface area contributed by atoms with Crippen LogP contribution in [0, 0.1) is 13.8 Å². The smallest absolute Gasteiger partial charge is 0.325 e. The minimum atomic E-state index is -0.833. The maximum atomic E-state index is 12.2. The van der Waals surface area contributed by atoms with Crippen molar-refractivity contribution in [2.45, 2.75) is 45.1 Å². The van der Waals surface area contributed by atoms with Gasteiger partial charge < -0.3 is 24.7 Å². The highest BCUT2D eigenvalue weighted by Crippen LogP contribution is 2.23. The van der Waals surface area contributed by atoms with Crippen LogP contribution in [0.2, 0.25) is 0 Å². The molecule has 1 heterocycles. The van der Waals surface area contributed by atoms with Gasteiger partial charge in [0.05, 0.1) is 13.2 Å². The number of hydrogen-bond acceptors (Lipinski definition) is 6. The van der Waals surface area contributed by atoms with Gasteiger partial charge >= 0.3 is 5.97 Å². The third-order valence-corrected chi connectivity index (χ3v) is 4.61. The number of hydrogen-bond donors (Lipinski definition) is 1. The van der Waals surface area contributed by atoms with E-state index >= 15 is 0 Å². The van der Waals surface area contributed by atoms with Crippen molar-refractivity contribution in [2.24, 2.45) is 5.73 Å². The Morgan fingerprint density at radius 1 is 0.893 bits per heavy atom. The standard InChI is InChI=1S/C22H27NO5/c1-14-4-8-17(9-5-14)27-20-13-25-12-19(23)22(24)26-16(3)21(20)28-18-10-6-15(2)7-11-18/h4-11,16,19-21H,12-13,23H2,1-3H3/t16-,19-,20-,21-/m0/s1. The van der Waals surface area contributed by atoms with Crippen LogP contribution in [0.3, 0.4) is 0 Å². The van der Waals surface area contributed by atoms with Crippen molar-refractivity contribution >= 4 is 5.97 Å². The molecule has 1 saturated heterocycles. The average molecular weight is 385 g/mol. The number of esters is 1. The summed E-state index contributed by atoms with van der Waals surface area (Å²) in [4.78, 5) is 12.2. The number of carbonyl (C=O) groups excluding carboxylic acids is 1. The van der Waals surface area contributed by atoms with E-state index < -0.39 is 30.3 Å². The van der Waals surface area contributed by atoms with Crippen LogP contribution >= 0.6 is 0 Å². The van der Waals surface area contributed by atoms with Crippen molar-refractivity contribution in [1.82, 2.24) is 0 Å². The molecule has 0 unspecified atom stereocenters. The van der Waals surface area contributed by atoms with Gasteiger partial charge in [0.25, 0.3) is 0 Å². The van der Waals surface area contributed by atoms with Crippen molar-refractivity contribution in [3.8, 4) is 11.5 Å². The SMILES string of the molecule is Cc1ccc(O[C@H]2[C@H](C)OC(=O)[C@@H](N)COC[C@@H]2Oc2ccc(C)cc2)cc1. The number of nitrogens with two attached hydrogens (primary N) is 1. The third-order valence-electron chi connectivity index (χ3n) is 4.61. The highest BCUT2D eigenvalue weighted by molar-refractivity contribution is 5.75. The second-order valence-corrected chi connectivity index (χ2v) is 7.15. The normalized spacial score (nSPS) is 25.8. The summed E-state index contributed by atoms with van der Waals surface area (Å²) in [6.07, 6.45) is -1.63. The molecule has 1 aliphatic heterocycles. The second-order valence-electron chi connectivity index (χ2n) is 7.15. The molecule has 28 heavy (non-hydrogen) atoms. The summed E-state index contributed by atoms with van der Waals surface area (Å²) in [5.74, 6) is 0.847. The summed E-state index contributed by atoms with van der Waals surface area (Å²) in [6, 6.07) is 14.6. The van der Waals surface area contributed by atoms with Crippen LogP contribution in [0.15, 0.2) is 48.5 Å². The first kappa shape index (κ1) is 20.2. The zero-order chi connectivity index (χ0) is 20.1. The molecule has 2 N–H and O–H groups in total. The fourth-order valence-electron chi connectivity index (χ4n) is 2.95. The van der Waals surface area contributed by atoms with Crippen molar-refractivity contribution in [3.05, 3.63) is 59.7 Å². The van der Waals surface area contributed by atoms with Crippen molar-refractivity contribution < 1.29 is 23.7 Å². The molecular weight excluding hydrogens is 358 g/mol. The van der Waals surface area contributed by atoms with Gasteiger partial charge in [0, 0.05) is 0 Å². The molecule has 0 aromatic heterocycles. The number of carbonyl (C=O) groups is 1. The lowest BCUT2D eigenvalue weighted by molar-refractivity contribution is -0.156. The Bertz CT molecular complexity index is 775. The Morgan fingerprint density at radius 2 is 1.43 bits per heavy atom. The zero-order valence-corrected chi connectivity index (χ0v) is 16.5. The predicted molar refractivity (Wildman–Crippen MR) is 106 cm³/mol. The fraction of sp³-hybridized carbons (Fsp3) is 0.409. The molecule has 3 rings (SSSR count). The Hall–Kier alpha value is -2.57. The summed E-state index contributed by atoms with van der Waals surface area (Å²) in [7, 11) is 0. The third kappa shape index (κ3) is 5.24. The van der Waals surface area contributed by atoms with E-state index in [1.165, 1.54) is 0 Å². The zero-order valence-electron chi connectivity index (χ0n) is 16.5. The Morgan fingerprint density at radius 3 is 2.00 bits per heavy atom. The van der Waals surface area contributed by atoms with Crippen LogP contribution in [0.1, 0.15) is 18.1 Å². The van der Waals surface area contributed by atoms with Crippen LogP contribution in [-0.4, -0.2) is 43.5 Å². The minimum absolute atomic E-state index is 0.0660. The van der Waals surface area contributed by atoms with E-state index in [4.69, 9.17) is 24.7 Å². The molecular formula is C22H27NO5. The van der Waals surface area contributed by atoms with Gasteiger partial charge in [-0.3, -0.25) is 4.79 Å². The van der Waals surface area contributed by atoms with E-state index in [9.17, 15) is 4.79 Å². The maximum Gasteiger partial charge on any atom is 0.325 e. The minimum Gasteiger partial charge on any atom is -0.484 e. The summed E-state index contributed by atoms with van der Waals surface area (Å²) in [5, 5.41) is 0. The molecule has 2 aromatic rings. The Balaban J connectivity index is 1.86. The van der Waals surface area contributed by atoms with Gasteiger partial charge in [-0.25, -0.2) is 0 Å². The number of rotatable bonds is 4. The molecule has 0 spiro atoms.